The molecule has 1 aliphatic rings. The molecule has 25 heavy (non-hydrogen) atoms. The average molecular weight is 336 g/mol. The number of rotatable bonds is 4. The number of hydrogen-bond acceptors (Lipinski definition) is 4. The Morgan fingerprint density at radius 3 is 3.00 bits per heavy atom. The van der Waals surface area contributed by atoms with Crippen molar-refractivity contribution in [3.8, 4) is 0 Å². The van der Waals surface area contributed by atoms with Crippen LogP contribution in [0.25, 0.3) is 10.8 Å². The van der Waals surface area contributed by atoms with Crippen LogP contribution in [0.2, 0.25) is 0 Å². The summed E-state index contributed by atoms with van der Waals surface area (Å²) in [6.45, 7) is 0.759. The Hall–Kier alpha value is -2.73. The number of nitrogens with one attached hydrogen (secondary N) is 1. The molecule has 2 heterocycles. The summed E-state index contributed by atoms with van der Waals surface area (Å²) < 4.78 is 1.87. The van der Waals surface area contributed by atoms with Gasteiger partial charge in [-0.15, -0.1) is 0 Å². The zero-order chi connectivity index (χ0) is 17.2. The highest BCUT2D eigenvalue weighted by atomic mass is 16.3. The van der Waals surface area contributed by atoms with E-state index in [0.29, 0.717) is 17.9 Å². The van der Waals surface area contributed by atoms with E-state index in [0.717, 1.165) is 23.7 Å². The minimum atomic E-state index is -0.530. The van der Waals surface area contributed by atoms with Gasteiger partial charge in [0.2, 0.25) is 0 Å². The molecule has 6 heteroatoms. The third-order valence-electron chi connectivity index (χ3n) is 4.88. The normalized spacial score (nSPS) is 23.0. The molecule has 2 aromatic heterocycles. The molecule has 0 aliphatic heterocycles. The van der Waals surface area contributed by atoms with Gasteiger partial charge in [0.05, 0.1) is 12.1 Å². The van der Waals surface area contributed by atoms with E-state index in [1.165, 1.54) is 0 Å². The predicted molar refractivity (Wildman–Crippen MR) is 94.0 cm³/mol. The molecule has 2 N–H and O–H groups in total. The van der Waals surface area contributed by atoms with E-state index in [1.807, 2.05) is 35.1 Å². The van der Waals surface area contributed by atoms with Crippen LogP contribution in [-0.4, -0.2) is 37.9 Å². The number of carbonyl (C=O) groups excluding carboxylic acids is 1. The molecule has 1 unspecified atom stereocenters. The number of aromatic nitrogens is 3. The lowest BCUT2D eigenvalue weighted by Crippen LogP contribution is -2.40. The maximum Gasteiger partial charge on any atom is 0.252 e. The maximum absolute atomic E-state index is 12.7. The van der Waals surface area contributed by atoms with Gasteiger partial charge in [-0.1, -0.05) is 12.1 Å². The van der Waals surface area contributed by atoms with Crippen LogP contribution in [0, 0.1) is 5.92 Å². The van der Waals surface area contributed by atoms with E-state index in [1.54, 1.807) is 24.7 Å². The maximum atomic E-state index is 12.7. The number of carbonyl (C=O) groups is 1. The van der Waals surface area contributed by atoms with Gasteiger partial charge in [0.25, 0.3) is 5.91 Å². The summed E-state index contributed by atoms with van der Waals surface area (Å²) >= 11 is 0. The van der Waals surface area contributed by atoms with Crippen molar-refractivity contribution in [3.63, 3.8) is 0 Å². The highest BCUT2D eigenvalue weighted by molar-refractivity contribution is 6.06. The van der Waals surface area contributed by atoms with Crippen molar-refractivity contribution in [2.45, 2.75) is 31.5 Å². The number of benzene rings is 1. The molecule has 4 rings (SSSR count). The van der Waals surface area contributed by atoms with E-state index in [4.69, 9.17) is 0 Å². The van der Waals surface area contributed by atoms with Crippen molar-refractivity contribution in [3.05, 3.63) is 60.7 Å². The average Bonchev–Trinajstić information content (AvgIpc) is 3.25. The highest BCUT2D eigenvalue weighted by Crippen LogP contribution is 2.28. The van der Waals surface area contributed by atoms with Gasteiger partial charge in [0.1, 0.15) is 0 Å². The van der Waals surface area contributed by atoms with Crippen LogP contribution in [0.1, 0.15) is 23.2 Å². The van der Waals surface area contributed by atoms with Crippen molar-refractivity contribution in [1.82, 2.24) is 20.1 Å². The summed E-state index contributed by atoms with van der Waals surface area (Å²) in [5, 5.41) is 19.4. The van der Waals surface area contributed by atoms with E-state index >= 15 is 0 Å². The summed E-state index contributed by atoms with van der Waals surface area (Å²) in [4.78, 5) is 16.8. The van der Waals surface area contributed by atoms with Crippen LogP contribution in [0.3, 0.4) is 0 Å². The molecule has 0 spiro atoms. The van der Waals surface area contributed by atoms with Crippen molar-refractivity contribution < 1.29 is 9.90 Å². The van der Waals surface area contributed by atoms with E-state index in [-0.39, 0.29) is 11.9 Å². The number of hydrogen-bond donors (Lipinski definition) is 2. The summed E-state index contributed by atoms with van der Waals surface area (Å²) in [5.41, 5.74) is 0.591. The number of pyridine rings is 1. The molecule has 1 aliphatic carbocycles. The summed E-state index contributed by atoms with van der Waals surface area (Å²) in [6, 6.07) is 9.15. The molecule has 0 saturated heterocycles. The zero-order valence-corrected chi connectivity index (χ0v) is 13.7. The molecule has 3 atom stereocenters. The summed E-state index contributed by atoms with van der Waals surface area (Å²) in [7, 11) is 0. The third-order valence-corrected chi connectivity index (χ3v) is 4.88. The lowest BCUT2D eigenvalue weighted by Gasteiger charge is -2.17. The Labute approximate surface area is 145 Å². The van der Waals surface area contributed by atoms with Crippen molar-refractivity contribution in [1.29, 1.82) is 0 Å². The van der Waals surface area contributed by atoms with E-state index in [2.05, 4.69) is 15.4 Å². The Morgan fingerprint density at radius 1 is 1.24 bits per heavy atom. The van der Waals surface area contributed by atoms with Crippen molar-refractivity contribution in [2.24, 2.45) is 5.92 Å². The highest BCUT2D eigenvalue weighted by Gasteiger charge is 2.34. The molecular weight excluding hydrogens is 316 g/mol. The van der Waals surface area contributed by atoms with Gasteiger partial charge in [0, 0.05) is 42.3 Å². The molecule has 128 valence electrons. The second-order valence-electron chi connectivity index (χ2n) is 6.62. The third kappa shape index (κ3) is 3.25. The molecule has 1 fully saturated rings. The first-order valence-electron chi connectivity index (χ1n) is 8.50. The minimum absolute atomic E-state index is 0.164. The lowest BCUT2D eigenvalue weighted by molar-refractivity contribution is 0.0874. The van der Waals surface area contributed by atoms with E-state index in [9.17, 15) is 9.90 Å². The number of aliphatic hydroxyl groups excluding tert-OH is 1. The van der Waals surface area contributed by atoms with Gasteiger partial charge >= 0.3 is 0 Å². The fourth-order valence-corrected chi connectivity index (χ4v) is 3.65. The Balaban J connectivity index is 1.47. The number of nitrogens with zero attached hydrogens (tertiary/aromatic N) is 3. The molecule has 1 saturated carbocycles. The Morgan fingerprint density at radius 2 is 2.16 bits per heavy atom. The zero-order valence-electron chi connectivity index (χ0n) is 13.7. The van der Waals surface area contributed by atoms with E-state index < -0.39 is 6.10 Å². The van der Waals surface area contributed by atoms with Crippen LogP contribution in [0.15, 0.2) is 55.1 Å². The quantitative estimate of drug-likeness (QED) is 0.764. The molecule has 0 bridgehead atoms. The molecule has 0 radical (unpaired) electrons. The molecule has 3 aromatic rings. The summed E-state index contributed by atoms with van der Waals surface area (Å²) in [6.07, 6.45) is 7.97. The topological polar surface area (TPSA) is 80.0 Å². The second kappa shape index (κ2) is 6.64. The monoisotopic (exact) mass is 336 g/mol. The number of aliphatic hydroxyl groups is 1. The van der Waals surface area contributed by atoms with Gasteiger partial charge in [-0.05, 0) is 42.3 Å². The largest absolute Gasteiger partial charge is 0.391 e. The molecular formula is C19H20N4O2. The van der Waals surface area contributed by atoms with Crippen LogP contribution in [0.5, 0.6) is 0 Å². The molecule has 1 aromatic carbocycles. The van der Waals surface area contributed by atoms with Gasteiger partial charge in [0.15, 0.2) is 0 Å². The predicted octanol–water partition coefficient (Wildman–Crippen LogP) is 2.00. The summed E-state index contributed by atoms with van der Waals surface area (Å²) in [5.74, 6) is 0.136. The first kappa shape index (κ1) is 15.8. The smallest absolute Gasteiger partial charge is 0.252 e. The number of fused-ring (bicyclic) bond motifs is 1. The van der Waals surface area contributed by atoms with Gasteiger partial charge in [-0.2, -0.15) is 5.10 Å². The fraction of sp³-hybridized carbons (Fsp3) is 0.316. The van der Waals surface area contributed by atoms with Gasteiger partial charge in [-0.25, -0.2) is 0 Å². The van der Waals surface area contributed by atoms with Crippen LogP contribution in [-0.2, 0) is 6.54 Å². The lowest BCUT2D eigenvalue weighted by atomic mass is 10.1. The first-order valence-corrected chi connectivity index (χ1v) is 8.50. The number of amides is 1. The van der Waals surface area contributed by atoms with Gasteiger partial charge in [-0.3, -0.25) is 14.5 Å². The van der Waals surface area contributed by atoms with Gasteiger partial charge < -0.3 is 10.4 Å². The molecule has 1 amide bonds. The SMILES string of the molecule is O=C(N[C@@H]1CC(Cn2cccn2)C[C@H]1O)c1cccc2ccncc12. The minimum Gasteiger partial charge on any atom is -0.391 e. The Kier molecular flexibility index (Phi) is 4.19. The standard InChI is InChI=1S/C19H20N4O2/c24-18-10-13(12-23-8-2-6-21-23)9-17(18)22-19(25)15-4-1-3-14-5-7-20-11-16(14)15/h1-8,11,13,17-18,24H,9-10,12H2,(H,22,25)/t13?,17-,18-/m1/s1. The fourth-order valence-electron chi connectivity index (χ4n) is 3.65. The van der Waals surface area contributed by atoms with Crippen LogP contribution >= 0.6 is 0 Å². The first-order chi connectivity index (χ1) is 12.2. The Bertz CT molecular complexity index is 873. The van der Waals surface area contributed by atoms with Crippen LogP contribution < -0.4 is 5.32 Å². The second-order valence-corrected chi connectivity index (χ2v) is 6.62. The van der Waals surface area contributed by atoms with Crippen molar-refractivity contribution >= 4 is 16.7 Å². The van der Waals surface area contributed by atoms with Crippen molar-refractivity contribution in [2.75, 3.05) is 0 Å². The van der Waals surface area contributed by atoms with Crippen LogP contribution in [0.4, 0.5) is 0 Å². The molecule has 6 nitrogen and oxygen atoms in total.